The number of ether oxygens (including phenoxy) is 2. The van der Waals surface area contributed by atoms with Crippen molar-refractivity contribution in [1.29, 1.82) is 0 Å². The van der Waals surface area contributed by atoms with Crippen LogP contribution in [0.4, 0.5) is 0 Å². The van der Waals surface area contributed by atoms with Crippen molar-refractivity contribution in [1.82, 2.24) is 5.32 Å². The van der Waals surface area contributed by atoms with Gasteiger partial charge in [-0.15, -0.1) is 11.6 Å². The zero-order valence-corrected chi connectivity index (χ0v) is 11.0. The Morgan fingerprint density at radius 3 is 2.83 bits per heavy atom. The third-order valence-corrected chi connectivity index (χ3v) is 2.56. The fourth-order valence-electron chi connectivity index (χ4n) is 1.36. The summed E-state index contributed by atoms with van der Waals surface area (Å²) in [5, 5.41) is 11.9. The molecule has 1 rings (SSSR count). The third-order valence-electron chi connectivity index (χ3n) is 2.28. The molecule has 0 saturated heterocycles. The maximum atomic E-state index is 11.8. The molecule has 2 N–H and O–H groups in total. The van der Waals surface area contributed by atoms with E-state index in [1.165, 1.54) is 26.4 Å². The fourth-order valence-corrected chi connectivity index (χ4v) is 1.57. The fraction of sp³-hybridized carbons (Fsp3) is 0.417. The number of methoxy groups -OCH3 is 2. The van der Waals surface area contributed by atoms with Gasteiger partial charge in [0.1, 0.15) is 11.5 Å². The number of nitrogens with one attached hydrogen (secondary N) is 1. The topological polar surface area (TPSA) is 67.8 Å². The van der Waals surface area contributed by atoms with Crippen molar-refractivity contribution in [2.45, 2.75) is 5.38 Å². The quantitative estimate of drug-likeness (QED) is 0.769. The highest BCUT2D eigenvalue weighted by Gasteiger charge is 2.13. The molecule has 0 fully saturated rings. The average Bonchev–Trinajstić information content (AvgIpc) is 2.37. The van der Waals surface area contributed by atoms with E-state index >= 15 is 0 Å². The number of phenols is 1. The molecule has 0 radical (unpaired) electrons. The molecule has 0 aromatic heterocycles. The van der Waals surface area contributed by atoms with Crippen LogP contribution in [0.1, 0.15) is 10.4 Å². The van der Waals surface area contributed by atoms with Crippen molar-refractivity contribution < 1.29 is 19.4 Å². The highest BCUT2D eigenvalue weighted by molar-refractivity contribution is 6.21. The molecule has 0 heterocycles. The minimum atomic E-state index is -0.409. The second-order valence-electron chi connectivity index (χ2n) is 3.65. The van der Waals surface area contributed by atoms with Crippen LogP contribution in [0, 0.1) is 0 Å². The summed E-state index contributed by atoms with van der Waals surface area (Å²) in [5.41, 5.74) is 0.149. The van der Waals surface area contributed by atoms with Gasteiger partial charge < -0.3 is 19.9 Å². The maximum absolute atomic E-state index is 11.8. The monoisotopic (exact) mass is 273 g/mol. The predicted octanol–water partition coefficient (Wildman–Crippen LogP) is 1.38. The first kappa shape index (κ1) is 14.6. The van der Waals surface area contributed by atoms with E-state index in [-0.39, 0.29) is 23.2 Å². The van der Waals surface area contributed by atoms with Crippen molar-refractivity contribution in [3.63, 3.8) is 0 Å². The molecule has 1 amide bonds. The van der Waals surface area contributed by atoms with Gasteiger partial charge in [-0.05, 0) is 18.2 Å². The molecule has 1 aromatic carbocycles. The highest BCUT2D eigenvalue weighted by Crippen LogP contribution is 2.22. The van der Waals surface area contributed by atoms with Crippen molar-refractivity contribution in [3.05, 3.63) is 23.8 Å². The maximum Gasteiger partial charge on any atom is 0.255 e. The van der Waals surface area contributed by atoms with E-state index in [9.17, 15) is 9.90 Å². The molecule has 6 heteroatoms. The second kappa shape index (κ2) is 7.08. The summed E-state index contributed by atoms with van der Waals surface area (Å²) in [4.78, 5) is 11.8. The Labute approximate surface area is 111 Å². The number of rotatable bonds is 6. The number of hydrogen-bond acceptors (Lipinski definition) is 4. The molecule has 100 valence electrons. The molecule has 1 aromatic rings. The molecule has 18 heavy (non-hydrogen) atoms. The summed E-state index contributed by atoms with van der Waals surface area (Å²) < 4.78 is 9.84. The van der Waals surface area contributed by atoms with Gasteiger partial charge in [0.15, 0.2) is 0 Å². The Kier molecular flexibility index (Phi) is 5.74. The molecule has 1 atom stereocenters. The summed E-state index contributed by atoms with van der Waals surface area (Å²) in [7, 11) is 3.02. The van der Waals surface area contributed by atoms with Gasteiger partial charge in [-0.25, -0.2) is 0 Å². The zero-order chi connectivity index (χ0) is 13.5. The van der Waals surface area contributed by atoms with Crippen LogP contribution in [-0.2, 0) is 4.74 Å². The van der Waals surface area contributed by atoms with Crippen LogP contribution >= 0.6 is 11.6 Å². The number of amides is 1. The van der Waals surface area contributed by atoms with Crippen molar-refractivity contribution in [3.8, 4) is 11.5 Å². The lowest BCUT2D eigenvalue weighted by molar-refractivity contribution is 0.0946. The number of hydrogen-bond donors (Lipinski definition) is 2. The van der Waals surface area contributed by atoms with E-state index in [0.717, 1.165) is 0 Å². The Balaban J connectivity index is 2.66. The lowest BCUT2D eigenvalue weighted by Gasteiger charge is -2.11. The van der Waals surface area contributed by atoms with E-state index in [2.05, 4.69) is 5.32 Å². The van der Waals surface area contributed by atoms with Gasteiger partial charge in [0, 0.05) is 13.7 Å². The molecule has 0 bridgehead atoms. The van der Waals surface area contributed by atoms with Crippen molar-refractivity contribution >= 4 is 17.5 Å². The number of carbonyl (C=O) groups is 1. The molecule has 5 nitrogen and oxygen atoms in total. The standard InChI is InChI=1S/C12H16ClNO4/c1-17-7-8(13)6-14-12(16)10-5-9(18-2)3-4-11(10)15/h3-5,8,15H,6-7H2,1-2H3,(H,14,16). The SMILES string of the molecule is COCC(Cl)CNC(=O)c1cc(OC)ccc1O. The predicted molar refractivity (Wildman–Crippen MR) is 68.5 cm³/mol. The average molecular weight is 274 g/mol. The molecule has 0 spiro atoms. The van der Waals surface area contributed by atoms with Gasteiger partial charge in [0.05, 0.1) is 24.7 Å². The molecule has 0 aliphatic carbocycles. The van der Waals surface area contributed by atoms with Crippen LogP contribution in [0.3, 0.4) is 0 Å². The molecule has 0 saturated carbocycles. The van der Waals surface area contributed by atoms with Gasteiger partial charge in [-0.3, -0.25) is 4.79 Å². The largest absolute Gasteiger partial charge is 0.507 e. The third kappa shape index (κ3) is 4.09. The normalized spacial score (nSPS) is 11.9. The number of carbonyl (C=O) groups excluding carboxylic acids is 1. The van der Waals surface area contributed by atoms with E-state index in [0.29, 0.717) is 12.4 Å². The Morgan fingerprint density at radius 1 is 1.50 bits per heavy atom. The number of phenolic OH excluding ortho intramolecular Hbond substituents is 1. The lowest BCUT2D eigenvalue weighted by atomic mass is 10.1. The smallest absolute Gasteiger partial charge is 0.255 e. The molecule has 0 aliphatic rings. The second-order valence-corrected chi connectivity index (χ2v) is 4.26. The Morgan fingerprint density at radius 2 is 2.22 bits per heavy atom. The van der Waals surface area contributed by atoms with E-state index in [1.54, 1.807) is 6.07 Å². The highest BCUT2D eigenvalue weighted by atomic mass is 35.5. The van der Waals surface area contributed by atoms with E-state index in [4.69, 9.17) is 21.1 Å². The first-order chi connectivity index (χ1) is 8.58. The minimum Gasteiger partial charge on any atom is -0.507 e. The van der Waals surface area contributed by atoms with Crippen LogP contribution < -0.4 is 10.1 Å². The molecular weight excluding hydrogens is 258 g/mol. The van der Waals surface area contributed by atoms with E-state index < -0.39 is 5.91 Å². The Hall–Kier alpha value is -1.46. The summed E-state index contributed by atoms with van der Waals surface area (Å²) >= 11 is 5.88. The van der Waals surface area contributed by atoms with Crippen LogP contribution in [-0.4, -0.2) is 43.8 Å². The van der Waals surface area contributed by atoms with Gasteiger partial charge in [-0.2, -0.15) is 0 Å². The summed E-state index contributed by atoms with van der Waals surface area (Å²) in [6.07, 6.45) is 0. The van der Waals surface area contributed by atoms with Crippen molar-refractivity contribution in [2.24, 2.45) is 0 Å². The number of aromatic hydroxyl groups is 1. The Bertz CT molecular complexity index is 411. The summed E-state index contributed by atoms with van der Waals surface area (Å²) in [5.74, 6) is -0.0171. The number of alkyl halides is 1. The van der Waals surface area contributed by atoms with E-state index in [1.807, 2.05) is 0 Å². The zero-order valence-electron chi connectivity index (χ0n) is 10.3. The summed E-state index contributed by atoms with van der Waals surface area (Å²) in [6, 6.07) is 4.44. The molecule has 0 aliphatic heterocycles. The van der Waals surface area contributed by atoms with Crippen LogP contribution in [0.2, 0.25) is 0 Å². The van der Waals surface area contributed by atoms with Gasteiger partial charge >= 0.3 is 0 Å². The first-order valence-electron chi connectivity index (χ1n) is 5.36. The summed E-state index contributed by atoms with van der Waals surface area (Å²) in [6.45, 7) is 0.594. The van der Waals surface area contributed by atoms with Crippen LogP contribution in [0.5, 0.6) is 11.5 Å². The van der Waals surface area contributed by atoms with Crippen molar-refractivity contribution in [2.75, 3.05) is 27.4 Å². The first-order valence-corrected chi connectivity index (χ1v) is 5.80. The molecule has 1 unspecified atom stereocenters. The van der Waals surface area contributed by atoms with Gasteiger partial charge in [0.25, 0.3) is 5.91 Å². The lowest BCUT2D eigenvalue weighted by Crippen LogP contribution is -2.31. The molecular formula is C12H16ClNO4. The number of halogens is 1. The van der Waals surface area contributed by atoms with Crippen LogP contribution in [0.15, 0.2) is 18.2 Å². The minimum absolute atomic E-state index is 0.105. The van der Waals surface area contributed by atoms with Gasteiger partial charge in [-0.1, -0.05) is 0 Å². The van der Waals surface area contributed by atoms with Crippen LogP contribution in [0.25, 0.3) is 0 Å². The number of benzene rings is 1. The van der Waals surface area contributed by atoms with Gasteiger partial charge in [0.2, 0.25) is 0 Å².